The summed E-state index contributed by atoms with van der Waals surface area (Å²) in [6.07, 6.45) is 4.86. The van der Waals surface area contributed by atoms with Crippen molar-refractivity contribution in [3.8, 4) is 5.75 Å². The van der Waals surface area contributed by atoms with E-state index in [9.17, 15) is 8.42 Å². The Bertz CT molecular complexity index is 525. The largest absolute Gasteiger partial charge is 0.497 e. The van der Waals surface area contributed by atoms with Gasteiger partial charge in [0.15, 0.2) is 9.84 Å². The zero-order valence-corrected chi connectivity index (χ0v) is 12.9. The lowest BCUT2D eigenvalue weighted by Gasteiger charge is -2.24. The third kappa shape index (κ3) is 3.15. The topological polar surface area (TPSA) is 55.4 Å². The Morgan fingerprint density at radius 3 is 2.35 bits per heavy atom. The van der Waals surface area contributed by atoms with Gasteiger partial charge in [-0.3, -0.25) is 0 Å². The molecule has 0 bridgehead atoms. The van der Waals surface area contributed by atoms with Crippen molar-refractivity contribution in [2.45, 2.75) is 48.3 Å². The molecular formula is C15H23NO3S. The SMILES string of the molecule is CNC1CCCCCC1S(=O)(=O)c1ccc(OC)cc1. The van der Waals surface area contributed by atoms with E-state index >= 15 is 0 Å². The lowest BCUT2D eigenvalue weighted by molar-refractivity contribution is 0.414. The van der Waals surface area contributed by atoms with Crippen LogP contribution in [0.5, 0.6) is 5.75 Å². The van der Waals surface area contributed by atoms with Crippen LogP contribution in [0.3, 0.4) is 0 Å². The van der Waals surface area contributed by atoms with Crippen LogP contribution in [0.15, 0.2) is 29.2 Å². The number of sulfone groups is 1. The highest BCUT2D eigenvalue weighted by molar-refractivity contribution is 7.92. The van der Waals surface area contributed by atoms with E-state index in [1.54, 1.807) is 31.4 Å². The van der Waals surface area contributed by atoms with Crippen LogP contribution in [0.2, 0.25) is 0 Å². The molecule has 1 saturated carbocycles. The first-order valence-corrected chi connectivity index (χ1v) is 8.69. The molecule has 0 saturated heterocycles. The number of methoxy groups -OCH3 is 1. The van der Waals surface area contributed by atoms with Crippen molar-refractivity contribution in [1.82, 2.24) is 5.32 Å². The highest BCUT2D eigenvalue weighted by atomic mass is 32.2. The van der Waals surface area contributed by atoms with Gasteiger partial charge in [0.05, 0.1) is 17.3 Å². The van der Waals surface area contributed by atoms with Crippen molar-refractivity contribution in [2.75, 3.05) is 14.2 Å². The summed E-state index contributed by atoms with van der Waals surface area (Å²) in [6.45, 7) is 0. The lowest BCUT2D eigenvalue weighted by Crippen LogP contribution is -2.41. The second kappa shape index (κ2) is 6.59. The van der Waals surface area contributed by atoms with Crippen molar-refractivity contribution >= 4 is 9.84 Å². The van der Waals surface area contributed by atoms with Gasteiger partial charge in [-0.25, -0.2) is 8.42 Å². The van der Waals surface area contributed by atoms with E-state index < -0.39 is 9.84 Å². The molecule has 0 aromatic heterocycles. The molecule has 2 rings (SSSR count). The normalized spacial score (nSPS) is 24.1. The minimum absolute atomic E-state index is 0.0459. The van der Waals surface area contributed by atoms with Crippen molar-refractivity contribution in [1.29, 1.82) is 0 Å². The van der Waals surface area contributed by atoms with Gasteiger partial charge in [0.2, 0.25) is 0 Å². The molecular weight excluding hydrogens is 274 g/mol. The zero-order chi connectivity index (χ0) is 14.6. The van der Waals surface area contributed by atoms with Crippen LogP contribution in [0.25, 0.3) is 0 Å². The van der Waals surface area contributed by atoms with Gasteiger partial charge in [0.25, 0.3) is 0 Å². The second-order valence-electron chi connectivity index (χ2n) is 5.29. The summed E-state index contributed by atoms with van der Waals surface area (Å²) >= 11 is 0. The van der Waals surface area contributed by atoms with Crippen molar-refractivity contribution < 1.29 is 13.2 Å². The van der Waals surface area contributed by atoms with Gasteiger partial charge >= 0.3 is 0 Å². The average molecular weight is 297 g/mol. The first-order valence-electron chi connectivity index (χ1n) is 7.15. The summed E-state index contributed by atoms with van der Waals surface area (Å²) in [4.78, 5) is 0.394. The van der Waals surface area contributed by atoms with E-state index in [1.807, 2.05) is 7.05 Å². The summed E-state index contributed by atoms with van der Waals surface area (Å²) in [5.74, 6) is 0.676. The fraction of sp³-hybridized carbons (Fsp3) is 0.600. The Morgan fingerprint density at radius 1 is 1.10 bits per heavy atom. The fourth-order valence-corrected chi connectivity index (χ4v) is 4.96. The van der Waals surface area contributed by atoms with E-state index in [1.165, 1.54) is 0 Å². The van der Waals surface area contributed by atoms with E-state index in [0.29, 0.717) is 10.6 Å². The Labute approximate surface area is 121 Å². The highest BCUT2D eigenvalue weighted by Gasteiger charge is 2.34. The molecule has 5 heteroatoms. The highest BCUT2D eigenvalue weighted by Crippen LogP contribution is 2.29. The number of nitrogens with one attached hydrogen (secondary N) is 1. The summed E-state index contributed by atoms with van der Waals surface area (Å²) in [5.41, 5.74) is 0. The molecule has 1 aromatic rings. The number of hydrogen-bond donors (Lipinski definition) is 1. The van der Waals surface area contributed by atoms with Gasteiger partial charge in [-0.05, 0) is 44.2 Å². The van der Waals surface area contributed by atoms with Crippen LogP contribution in [0.4, 0.5) is 0 Å². The number of ether oxygens (including phenoxy) is 1. The molecule has 1 aliphatic rings. The monoisotopic (exact) mass is 297 g/mol. The number of hydrogen-bond acceptors (Lipinski definition) is 4. The average Bonchev–Trinajstić information content (AvgIpc) is 2.73. The minimum atomic E-state index is -3.29. The predicted octanol–water partition coefficient (Wildman–Crippen LogP) is 2.39. The molecule has 1 fully saturated rings. The summed E-state index contributed by atoms with van der Waals surface area (Å²) in [6, 6.07) is 6.75. The molecule has 0 aliphatic heterocycles. The molecule has 1 aromatic carbocycles. The molecule has 0 radical (unpaired) electrons. The predicted molar refractivity (Wildman–Crippen MR) is 79.9 cm³/mol. The first kappa shape index (κ1) is 15.3. The van der Waals surface area contributed by atoms with E-state index in [4.69, 9.17) is 4.74 Å². The van der Waals surface area contributed by atoms with Crippen molar-refractivity contribution in [3.63, 3.8) is 0 Å². The molecule has 112 valence electrons. The van der Waals surface area contributed by atoms with Gasteiger partial charge in [-0.15, -0.1) is 0 Å². The van der Waals surface area contributed by atoms with E-state index in [2.05, 4.69) is 5.32 Å². The number of benzene rings is 1. The third-order valence-electron chi connectivity index (χ3n) is 4.11. The van der Waals surface area contributed by atoms with E-state index in [-0.39, 0.29) is 11.3 Å². The standard InChI is InChI=1S/C15H23NO3S/c1-16-14-6-4-3-5-7-15(14)20(17,18)13-10-8-12(19-2)9-11-13/h8-11,14-16H,3-7H2,1-2H3. The molecule has 0 spiro atoms. The molecule has 4 nitrogen and oxygen atoms in total. The third-order valence-corrected chi connectivity index (χ3v) is 6.40. The van der Waals surface area contributed by atoms with Crippen molar-refractivity contribution in [2.24, 2.45) is 0 Å². The maximum absolute atomic E-state index is 12.8. The summed E-state index contributed by atoms with van der Waals surface area (Å²) in [7, 11) is 0.139. The molecule has 0 amide bonds. The van der Waals surface area contributed by atoms with E-state index in [0.717, 1.165) is 32.1 Å². The van der Waals surface area contributed by atoms with Gasteiger partial charge in [-0.2, -0.15) is 0 Å². The maximum atomic E-state index is 12.8. The van der Waals surface area contributed by atoms with Gasteiger partial charge in [0.1, 0.15) is 5.75 Å². The van der Waals surface area contributed by atoms with Crippen LogP contribution < -0.4 is 10.1 Å². The first-order chi connectivity index (χ1) is 9.59. The Balaban J connectivity index is 2.30. The molecule has 0 heterocycles. The Morgan fingerprint density at radius 2 is 1.75 bits per heavy atom. The Hall–Kier alpha value is -1.07. The minimum Gasteiger partial charge on any atom is -0.497 e. The quantitative estimate of drug-likeness (QED) is 0.867. The maximum Gasteiger partial charge on any atom is 0.182 e. The molecule has 1 N–H and O–H groups in total. The molecule has 2 atom stereocenters. The molecule has 2 unspecified atom stereocenters. The van der Waals surface area contributed by atoms with Crippen LogP contribution in [-0.4, -0.2) is 33.9 Å². The second-order valence-corrected chi connectivity index (χ2v) is 7.46. The number of rotatable bonds is 4. The summed E-state index contributed by atoms with van der Waals surface area (Å²) < 4.78 is 30.7. The molecule has 1 aliphatic carbocycles. The van der Waals surface area contributed by atoms with Gasteiger partial charge in [-0.1, -0.05) is 19.3 Å². The lowest BCUT2D eigenvalue weighted by atomic mass is 10.1. The fourth-order valence-electron chi connectivity index (χ4n) is 2.92. The van der Waals surface area contributed by atoms with Crippen LogP contribution >= 0.6 is 0 Å². The summed E-state index contributed by atoms with van der Waals surface area (Å²) in [5, 5.41) is 2.86. The van der Waals surface area contributed by atoms with Crippen LogP contribution in [0.1, 0.15) is 32.1 Å². The Kier molecular flexibility index (Phi) is 5.05. The van der Waals surface area contributed by atoms with Crippen molar-refractivity contribution in [3.05, 3.63) is 24.3 Å². The smallest absolute Gasteiger partial charge is 0.182 e. The van der Waals surface area contributed by atoms with Gasteiger partial charge in [0, 0.05) is 6.04 Å². The van der Waals surface area contributed by atoms with Crippen LogP contribution in [0, 0.1) is 0 Å². The zero-order valence-electron chi connectivity index (χ0n) is 12.1. The van der Waals surface area contributed by atoms with Gasteiger partial charge < -0.3 is 10.1 Å². The van der Waals surface area contributed by atoms with Crippen LogP contribution in [-0.2, 0) is 9.84 Å². The molecule has 20 heavy (non-hydrogen) atoms.